The van der Waals surface area contributed by atoms with Gasteiger partial charge in [0.1, 0.15) is 0 Å². The summed E-state index contributed by atoms with van der Waals surface area (Å²) in [6.07, 6.45) is 0. The normalized spacial score (nSPS) is 16.3. The molecule has 9 aromatic rings. The maximum atomic E-state index is 2.52. The number of nitrogens with zero attached hydrogens (tertiary/aromatic N) is 2. The maximum Gasteiger partial charge on any atom is 0.0541 e. The van der Waals surface area contributed by atoms with Gasteiger partial charge in [0.15, 0.2) is 0 Å². The van der Waals surface area contributed by atoms with Crippen LogP contribution in [0.4, 0.5) is 0 Å². The smallest absolute Gasteiger partial charge is 0.0541 e. The van der Waals surface area contributed by atoms with Crippen molar-refractivity contribution >= 4 is 43.6 Å². The number of hydrogen-bond donors (Lipinski definition) is 0. The first-order valence-electron chi connectivity index (χ1n) is 16.2. The molecule has 46 heavy (non-hydrogen) atoms. The largest absolute Gasteiger partial charge is 0.309 e. The van der Waals surface area contributed by atoms with E-state index in [4.69, 9.17) is 0 Å². The monoisotopic (exact) mass is 584 g/mol. The maximum absolute atomic E-state index is 2.52. The van der Waals surface area contributed by atoms with E-state index < -0.39 is 0 Å². The average Bonchev–Trinajstić information content (AvgIpc) is 3.64. The van der Waals surface area contributed by atoms with Crippen LogP contribution in [0.1, 0.15) is 45.2 Å². The second-order valence-electron chi connectivity index (χ2n) is 12.8. The van der Waals surface area contributed by atoms with Crippen molar-refractivity contribution in [2.24, 2.45) is 0 Å². The number of rotatable bonds is 2. The van der Waals surface area contributed by atoms with Gasteiger partial charge in [0.2, 0.25) is 0 Å². The topological polar surface area (TPSA) is 9.86 Å². The molecule has 0 fully saturated rings. The van der Waals surface area contributed by atoms with Gasteiger partial charge in [-0.25, -0.2) is 0 Å². The Bertz CT molecular complexity index is 2430. The Labute approximate surface area is 266 Å². The van der Waals surface area contributed by atoms with E-state index in [1.807, 2.05) is 0 Å². The molecule has 0 N–H and O–H groups in total. The van der Waals surface area contributed by atoms with E-state index in [0.717, 1.165) is 0 Å². The molecular formula is C44H28N2. The van der Waals surface area contributed by atoms with Crippen LogP contribution in [-0.4, -0.2) is 9.13 Å². The van der Waals surface area contributed by atoms with Crippen molar-refractivity contribution in [2.45, 2.75) is 11.8 Å². The van der Waals surface area contributed by atoms with Crippen molar-refractivity contribution in [3.8, 4) is 11.4 Å². The van der Waals surface area contributed by atoms with Gasteiger partial charge in [-0.3, -0.25) is 0 Å². The third kappa shape index (κ3) is 2.97. The third-order valence-corrected chi connectivity index (χ3v) is 10.7. The number of fused-ring (bicyclic) bond motifs is 6. The summed E-state index contributed by atoms with van der Waals surface area (Å²) in [4.78, 5) is 0. The second-order valence-corrected chi connectivity index (χ2v) is 12.8. The highest BCUT2D eigenvalue weighted by atomic mass is 15.0. The van der Waals surface area contributed by atoms with E-state index in [0.29, 0.717) is 0 Å². The van der Waals surface area contributed by atoms with Crippen molar-refractivity contribution in [3.05, 3.63) is 191 Å². The van der Waals surface area contributed by atoms with Crippen molar-refractivity contribution in [1.29, 1.82) is 0 Å². The Hall–Kier alpha value is -5.86. The summed E-state index contributed by atoms with van der Waals surface area (Å²) in [5, 5.41) is 5.19. The zero-order valence-electron chi connectivity index (χ0n) is 25.1. The lowest BCUT2D eigenvalue weighted by Crippen LogP contribution is -2.30. The average molecular weight is 585 g/mol. The second kappa shape index (κ2) is 8.87. The zero-order chi connectivity index (χ0) is 29.9. The van der Waals surface area contributed by atoms with E-state index in [2.05, 4.69) is 167 Å². The van der Waals surface area contributed by atoms with Crippen LogP contribution in [0.15, 0.2) is 158 Å². The first-order valence-corrected chi connectivity index (χ1v) is 16.2. The minimum atomic E-state index is 0.135. The quantitative estimate of drug-likeness (QED) is 0.191. The van der Waals surface area contributed by atoms with Crippen molar-refractivity contribution < 1.29 is 0 Å². The summed E-state index contributed by atoms with van der Waals surface area (Å²) in [5.41, 5.74) is 16.2. The summed E-state index contributed by atoms with van der Waals surface area (Å²) in [6, 6.07) is 58.7. The van der Waals surface area contributed by atoms with E-state index in [-0.39, 0.29) is 11.8 Å². The van der Waals surface area contributed by atoms with E-state index in [1.165, 1.54) is 88.4 Å². The number of aromatic nitrogens is 2. The van der Waals surface area contributed by atoms with Crippen LogP contribution in [0.3, 0.4) is 0 Å². The van der Waals surface area contributed by atoms with Crippen LogP contribution in [0.5, 0.6) is 0 Å². The molecule has 2 nitrogen and oxygen atoms in total. The van der Waals surface area contributed by atoms with Crippen LogP contribution in [0.2, 0.25) is 0 Å². The Morgan fingerprint density at radius 1 is 0.283 bits per heavy atom. The number of benzene rings is 7. The molecule has 0 radical (unpaired) electrons. The fourth-order valence-electron chi connectivity index (χ4n) is 9.02. The van der Waals surface area contributed by atoms with Gasteiger partial charge in [0, 0.05) is 33.4 Å². The molecule has 0 amide bonds. The summed E-state index contributed by atoms with van der Waals surface area (Å²) >= 11 is 0. The van der Waals surface area contributed by atoms with Crippen molar-refractivity contribution in [2.75, 3.05) is 0 Å². The molecule has 0 aliphatic heterocycles. The summed E-state index contributed by atoms with van der Waals surface area (Å²) < 4.78 is 5.03. The van der Waals surface area contributed by atoms with E-state index in [1.54, 1.807) is 0 Å². The van der Waals surface area contributed by atoms with Crippen molar-refractivity contribution in [1.82, 2.24) is 9.13 Å². The predicted molar refractivity (Wildman–Crippen MR) is 190 cm³/mol. The highest BCUT2D eigenvalue weighted by Crippen LogP contribution is 2.59. The van der Waals surface area contributed by atoms with Gasteiger partial charge in [-0.05, 0) is 69.8 Å². The van der Waals surface area contributed by atoms with Gasteiger partial charge < -0.3 is 9.13 Å². The fraction of sp³-hybridized carbons (Fsp3) is 0.0455. The minimum absolute atomic E-state index is 0.135. The van der Waals surface area contributed by atoms with E-state index >= 15 is 0 Å². The SMILES string of the molecule is c1ccc2c(c1)C1c3cccc(-n4c5ccccc5c5ccccc54)c3C2c2cccc(-n3c4ccccc4c4ccccc43)c21. The van der Waals surface area contributed by atoms with Gasteiger partial charge in [0.25, 0.3) is 0 Å². The number of para-hydroxylation sites is 4. The molecule has 2 aromatic heterocycles. The molecule has 0 saturated carbocycles. The van der Waals surface area contributed by atoms with Gasteiger partial charge in [-0.1, -0.05) is 121 Å². The van der Waals surface area contributed by atoms with Gasteiger partial charge in [-0.2, -0.15) is 0 Å². The molecule has 3 aliphatic rings. The first kappa shape index (κ1) is 24.5. The van der Waals surface area contributed by atoms with Gasteiger partial charge in [0.05, 0.1) is 33.4 Å². The number of hydrogen-bond acceptors (Lipinski definition) is 0. The summed E-state index contributed by atoms with van der Waals surface area (Å²) in [7, 11) is 0. The Balaban J connectivity index is 1.25. The molecule has 2 heteroatoms. The molecular weight excluding hydrogens is 556 g/mol. The van der Waals surface area contributed by atoms with Crippen LogP contribution < -0.4 is 0 Å². The highest BCUT2D eigenvalue weighted by molar-refractivity contribution is 6.10. The molecule has 3 aliphatic carbocycles. The third-order valence-electron chi connectivity index (χ3n) is 10.7. The lowest BCUT2D eigenvalue weighted by Gasteiger charge is -2.44. The molecule has 2 unspecified atom stereocenters. The van der Waals surface area contributed by atoms with E-state index in [9.17, 15) is 0 Å². The van der Waals surface area contributed by atoms with Crippen LogP contribution in [0, 0.1) is 0 Å². The molecule has 7 aromatic carbocycles. The molecule has 214 valence electrons. The Morgan fingerprint density at radius 2 is 0.587 bits per heavy atom. The van der Waals surface area contributed by atoms with Crippen molar-refractivity contribution in [3.63, 3.8) is 0 Å². The molecule has 2 bridgehead atoms. The first-order chi connectivity index (χ1) is 22.9. The minimum Gasteiger partial charge on any atom is -0.309 e. The fourth-order valence-corrected chi connectivity index (χ4v) is 9.02. The summed E-state index contributed by atoms with van der Waals surface area (Å²) in [6.45, 7) is 0. The predicted octanol–water partition coefficient (Wildman–Crippen LogP) is 10.9. The van der Waals surface area contributed by atoms with Gasteiger partial charge >= 0.3 is 0 Å². The van der Waals surface area contributed by atoms with Crippen LogP contribution in [-0.2, 0) is 0 Å². The molecule has 2 atom stereocenters. The van der Waals surface area contributed by atoms with Crippen LogP contribution >= 0.6 is 0 Å². The molecule has 0 saturated heterocycles. The molecule has 0 spiro atoms. The van der Waals surface area contributed by atoms with Crippen LogP contribution in [0.25, 0.3) is 55.0 Å². The lowest BCUT2D eigenvalue weighted by molar-refractivity contribution is 0.743. The molecule has 2 heterocycles. The zero-order valence-corrected chi connectivity index (χ0v) is 25.1. The lowest BCUT2D eigenvalue weighted by atomic mass is 9.60. The van der Waals surface area contributed by atoms with Gasteiger partial charge in [-0.15, -0.1) is 0 Å². The molecule has 12 rings (SSSR count). The standard InChI is InChI=1S/C44H28N2/c1-2-18-32-31(17-1)41-33-19-11-26-40(46-37-23-9-5-15-29(37)30-16-6-10-24-38(30)46)44(33)42(32)34-20-12-25-39(43(34)41)45-35-21-7-3-13-27(35)28-14-4-8-22-36(28)45/h1-26,41-42H. The Morgan fingerprint density at radius 3 is 0.957 bits per heavy atom. The Kier molecular flexibility index (Phi) is 4.71. The highest BCUT2D eigenvalue weighted by Gasteiger charge is 2.44. The summed E-state index contributed by atoms with van der Waals surface area (Å²) in [5.74, 6) is 0.269.